The standard InChI is InChI=1S/C13H18F2N2O2/c1-9(17-13(18)8-19-6-5-16)7-10-11(14)3-2-4-12(10)15/h2-4,9H,5-8,16H2,1H3,(H,17,18). The lowest BCUT2D eigenvalue weighted by Crippen LogP contribution is -2.37. The monoisotopic (exact) mass is 272 g/mol. The molecule has 1 atom stereocenters. The van der Waals surface area contributed by atoms with Crippen molar-refractivity contribution < 1.29 is 18.3 Å². The van der Waals surface area contributed by atoms with Crippen LogP contribution in [0.4, 0.5) is 8.78 Å². The first-order valence-corrected chi connectivity index (χ1v) is 6.04. The van der Waals surface area contributed by atoms with Gasteiger partial charge in [0.25, 0.3) is 0 Å². The summed E-state index contributed by atoms with van der Waals surface area (Å²) in [5.74, 6) is -1.56. The average molecular weight is 272 g/mol. The van der Waals surface area contributed by atoms with Crippen LogP contribution in [-0.4, -0.2) is 31.7 Å². The van der Waals surface area contributed by atoms with Gasteiger partial charge in [-0.15, -0.1) is 0 Å². The molecule has 19 heavy (non-hydrogen) atoms. The minimum atomic E-state index is -0.611. The van der Waals surface area contributed by atoms with Crippen molar-refractivity contribution in [2.75, 3.05) is 19.8 Å². The molecule has 0 aliphatic carbocycles. The van der Waals surface area contributed by atoms with Crippen molar-refractivity contribution >= 4 is 5.91 Å². The van der Waals surface area contributed by atoms with E-state index in [0.29, 0.717) is 13.2 Å². The van der Waals surface area contributed by atoms with Crippen molar-refractivity contribution in [3.63, 3.8) is 0 Å². The molecule has 1 rings (SSSR count). The number of hydrogen-bond acceptors (Lipinski definition) is 3. The number of rotatable bonds is 7. The molecule has 4 nitrogen and oxygen atoms in total. The van der Waals surface area contributed by atoms with Gasteiger partial charge in [-0.1, -0.05) is 6.07 Å². The van der Waals surface area contributed by atoms with Gasteiger partial charge in [0, 0.05) is 18.2 Å². The molecule has 0 fully saturated rings. The van der Waals surface area contributed by atoms with E-state index in [1.165, 1.54) is 18.2 Å². The van der Waals surface area contributed by atoms with Crippen LogP contribution in [0.5, 0.6) is 0 Å². The first-order chi connectivity index (χ1) is 9.04. The van der Waals surface area contributed by atoms with Gasteiger partial charge in [0.1, 0.15) is 18.2 Å². The van der Waals surface area contributed by atoms with Crippen LogP contribution in [-0.2, 0) is 16.0 Å². The molecule has 1 amide bonds. The summed E-state index contributed by atoms with van der Waals surface area (Å²) in [5.41, 5.74) is 5.18. The van der Waals surface area contributed by atoms with E-state index in [4.69, 9.17) is 10.5 Å². The van der Waals surface area contributed by atoms with Gasteiger partial charge in [-0.05, 0) is 25.5 Å². The number of nitrogens with one attached hydrogen (secondary N) is 1. The van der Waals surface area contributed by atoms with E-state index in [2.05, 4.69) is 5.32 Å². The van der Waals surface area contributed by atoms with E-state index in [-0.39, 0.29) is 30.5 Å². The largest absolute Gasteiger partial charge is 0.370 e. The number of carbonyl (C=O) groups excluding carboxylic acids is 1. The highest BCUT2D eigenvalue weighted by Crippen LogP contribution is 2.13. The molecule has 0 heterocycles. The fourth-order valence-corrected chi connectivity index (χ4v) is 1.65. The summed E-state index contributed by atoms with van der Waals surface area (Å²) in [6.07, 6.45) is 0.0845. The third kappa shape index (κ3) is 5.32. The van der Waals surface area contributed by atoms with Crippen LogP contribution in [0.1, 0.15) is 12.5 Å². The van der Waals surface area contributed by atoms with Crippen LogP contribution in [0.2, 0.25) is 0 Å². The fourth-order valence-electron chi connectivity index (χ4n) is 1.65. The Morgan fingerprint density at radius 1 is 1.42 bits per heavy atom. The van der Waals surface area contributed by atoms with Crippen molar-refractivity contribution in [1.29, 1.82) is 0 Å². The predicted molar refractivity (Wildman–Crippen MR) is 67.5 cm³/mol. The third-order valence-electron chi connectivity index (χ3n) is 2.47. The maximum Gasteiger partial charge on any atom is 0.246 e. The third-order valence-corrected chi connectivity index (χ3v) is 2.47. The van der Waals surface area contributed by atoms with Gasteiger partial charge >= 0.3 is 0 Å². The molecule has 6 heteroatoms. The number of nitrogens with two attached hydrogens (primary N) is 1. The highest BCUT2D eigenvalue weighted by Gasteiger charge is 2.14. The van der Waals surface area contributed by atoms with Gasteiger partial charge in [-0.3, -0.25) is 4.79 Å². The van der Waals surface area contributed by atoms with Crippen molar-refractivity contribution in [2.24, 2.45) is 5.73 Å². The van der Waals surface area contributed by atoms with Gasteiger partial charge in [0.15, 0.2) is 0 Å². The normalized spacial score (nSPS) is 12.2. The van der Waals surface area contributed by atoms with Crippen LogP contribution in [0.15, 0.2) is 18.2 Å². The van der Waals surface area contributed by atoms with Crippen LogP contribution in [0.25, 0.3) is 0 Å². The summed E-state index contributed by atoms with van der Waals surface area (Å²) in [7, 11) is 0. The van der Waals surface area contributed by atoms with E-state index in [9.17, 15) is 13.6 Å². The van der Waals surface area contributed by atoms with Gasteiger partial charge < -0.3 is 15.8 Å². The Kier molecular flexibility index (Phi) is 6.38. The van der Waals surface area contributed by atoms with Crippen LogP contribution < -0.4 is 11.1 Å². The Bertz CT molecular complexity index is 407. The molecule has 106 valence electrons. The first kappa shape index (κ1) is 15.5. The van der Waals surface area contributed by atoms with Crippen molar-refractivity contribution in [3.05, 3.63) is 35.4 Å². The molecular formula is C13H18F2N2O2. The van der Waals surface area contributed by atoms with Gasteiger partial charge in [-0.25, -0.2) is 8.78 Å². The van der Waals surface area contributed by atoms with E-state index in [1.54, 1.807) is 6.92 Å². The molecule has 1 aromatic carbocycles. The van der Waals surface area contributed by atoms with Crippen LogP contribution in [0.3, 0.4) is 0 Å². The molecule has 0 aliphatic heterocycles. The molecule has 1 aromatic rings. The zero-order valence-electron chi connectivity index (χ0n) is 10.8. The van der Waals surface area contributed by atoms with E-state index < -0.39 is 11.6 Å². The molecule has 0 saturated heterocycles. The average Bonchev–Trinajstić information content (AvgIpc) is 2.34. The van der Waals surface area contributed by atoms with E-state index >= 15 is 0 Å². The maximum absolute atomic E-state index is 13.4. The molecule has 0 bridgehead atoms. The second-order valence-corrected chi connectivity index (χ2v) is 4.21. The summed E-state index contributed by atoms with van der Waals surface area (Å²) in [6.45, 7) is 2.20. The summed E-state index contributed by atoms with van der Waals surface area (Å²) in [5, 5.41) is 2.60. The first-order valence-electron chi connectivity index (χ1n) is 6.04. The number of hydrogen-bond donors (Lipinski definition) is 2. The minimum absolute atomic E-state index is 0.0295. The highest BCUT2D eigenvalue weighted by atomic mass is 19.1. The summed E-state index contributed by atoms with van der Waals surface area (Å²) < 4.78 is 31.8. The Morgan fingerprint density at radius 3 is 2.63 bits per heavy atom. The molecular weight excluding hydrogens is 254 g/mol. The van der Waals surface area contributed by atoms with Crippen LogP contribution in [0, 0.1) is 11.6 Å². The second kappa shape index (κ2) is 7.81. The highest BCUT2D eigenvalue weighted by molar-refractivity contribution is 5.77. The van der Waals surface area contributed by atoms with Crippen LogP contribution >= 0.6 is 0 Å². The summed E-state index contributed by atoms with van der Waals surface area (Å²) in [4.78, 5) is 11.4. The Labute approximate surface area is 110 Å². The molecule has 3 N–H and O–H groups in total. The lowest BCUT2D eigenvalue weighted by Gasteiger charge is -2.15. The number of amides is 1. The SMILES string of the molecule is CC(Cc1c(F)cccc1F)NC(=O)COCCN. The molecule has 1 unspecified atom stereocenters. The van der Waals surface area contributed by atoms with E-state index in [1.807, 2.05) is 0 Å². The predicted octanol–water partition coefficient (Wildman–Crippen LogP) is 0.987. The topological polar surface area (TPSA) is 64.3 Å². The number of halogens is 2. The quantitative estimate of drug-likeness (QED) is 0.727. The van der Waals surface area contributed by atoms with Crippen molar-refractivity contribution in [1.82, 2.24) is 5.32 Å². The summed E-state index contributed by atoms with van der Waals surface area (Å²) >= 11 is 0. The fraction of sp³-hybridized carbons (Fsp3) is 0.462. The van der Waals surface area contributed by atoms with Gasteiger partial charge in [0.05, 0.1) is 6.61 Å². The zero-order chi connectivity index (χ0) is 14.3. The molecule has 0 aliphatic rings. The number of benzene rings is 1. The van der Waals surface area contributed by atoms with Gasteiger partial charge in [-0.2, -0.15) is 0 Å². The maximum atomic E-state index is 13.4. The number of carbonyl (C=O) groups is 1. The Hall–Kier alpha value is -1.53. The second-order valence-electron chi connectivity index (χ2n) is 4.21. The zero-order valence-corrected chi connectivity index (χ0v) is 10.8. The molecule has 0 saturated carbocycles. The van der Waals surface area contributed by atoms with Gasteiger partial charge in [0.2, 0.25) is 5.91 Å². The smallest absolute Gasteiger partial charge is 0.246 e. The van der Waals surface area contributed by atoms with Crippen molar-refractivity contribution in [2.45, 2.75) is 19.4 Å². The lowest BCUT2D eigenvalue weighted by atomic mass is 10.1. The van der Waals surface area contributed by atoms with Crippen molar-refractivity contribution in [3.8, 4) is 0 Å². The van der Waals surface area contributed by atoms with E-state index in [0.717, 1.165) is 0 Å². The minimum Gasteiger partial charge on any atom is -0.370 e. The Morgan fingerprint density at radius 2 is 2.05 bits per heavy atom. The number of ether oxygens (including phenoxy) is 1. The Balaban J connectivity index is 2.46. The molecule has 0 spiro atoms. The lowest BCUT2D eigenvalue weighted by molar-refractivity contribution is -0.126. The summed E-state index contributed by atoms with van der Waals surface area (Å²) in [6, 6.07) is 3.30. The molecule has 0 aromatic heterocycles. The molecule has 0 radical (unpaired) electrons.